The molecule has 0 bridgehead atoms. The van der Waals surface area contributed by atoms with Crippen molar-refractivity contribution in [2.24, 2.45) is 0 Å². The fourth-order valence-electron chi connectivity index (χ4n) is 3.50. The summed E-state index contributed by atoms with van der Waals surface area (Å²) >= 11 is 1.70. The van der Waals surface area contributed by atoms with Gasteiger partial charge in [0.15, 0.2) is 17.3 Å². The van der Waals surface area contributed by atoms with Gasteiger partial charge >= 0.3 is 0 Å². The van der Waals surface area contributed by atoms with Crippen molar-refractivity contribution in [3.8, 4) is 28.6 Å². The lowest BCUT2D eigenvalue weighted by Crippen LogP contribution is -2.08. The summed E-state index contributed by atoms with van der Waals surface area (Å²) < 4.78 is 19.0. The van der Waals surface area contributed by atoms with Crippen LogP contribution in [0.2, 0.25) is 0 Å². The topological polar surface area (TPSA) is 70.4 Å². The predicted octanol–water partition coefficient (Wildman–Crippen LogP) is 5.91. The molecule has 4 aromatic rings. The quantitative estimate of drug-likeness (QED) is 0.332. The van der Waals surface area contributed by atoms with Crippen molar-refractivity contribution < 1.29 is 14.2 Å². The van der Waals surface area contributed by atoms with Gasteiger partial charge in [-0.05, 0) is 62.0 Å². The highest BCUT2D eigenvalue weighted by Gasteiger charge is 2.18. The van der Waals surface area contributed by atoms with E-state index in [1.54, 1.807) is 25.6 Å². The van der Waals surface area contributed by atoms with Gasteiger partial charge in [-0.2, -0.15) is 0 Å². The normalized spacial score (nSPS) is 11.0. The molecule has 0 unspecified atom stereocenters. The van der Waals surface area contributed by atoms with Crippen LogP contribution in [0.1, 0.15) is 24.3 Å². The molecule has 0 aliphatic rings. The Hall–Kier alpha value is -3.52. The number of hydrogen-bond acceptors (Lipinski definition) is 7. The van der Waals surface area contributed by atoms with Crippen molar-refractivity contribution >= 4 is 23.0 Å². The highest BCUT2D eigenvalue weighted by Crippen LogP contribution is 2.34. The van der Waals surface area contributed by atoms with E-state index in [4.69, 9.17) is 14.2 Å². The Bertz CT molecular complexity index is 1220. The lowest BCUT2D eigenvalue weighted by atomic mass is 10.2. The van der Waals surface area contributed by atoms with Crippen LogP contribution in [-0.2, 0) is 6.54 Å². The third-order valence-electron chi connectivity index (χ3n) is 5.09. The van der Waals surface area contributed by atoms with Crippen LogP contribution in [0, 0.1) is 6.92 Å². The number of aromatic nitrogens is 3. The zero-order valence-electron chi connectivity index (χ0n) is 19.5. The maximum Gasteiger partial charge on any atom is 0.229 e. The zero-order valence-corrected chi connectivity index (χ0v) is 20.3. The molecular weight excluding hydrogens is 436 g/mol. The highest BCUT2D eigenvalue weighted by molar-refractivity contribution is 7.09. The van der Waals surface area contributed by atoms with E-state index in [1.807, 2.05) is 63.2 Å². The maximum atomic E-state index is 5.87. The molecule has 2 aromatic heterocycles. The Morgan fingerprint density at radius 2 is 1.79 bits per heavy atom. The number of aryl methyl sites for hydroxylation is 1. The second-order valence-corrected chi connectivity index (χ2v) is 8.89. The summed E-state index contributed by atoms with van der Waals surface area (Å²) in [4.78, 5) is 1.20. The number of nitrogens with one attached hydrogen (secondary N) is 1. The van der Waals surface area contributed by atoms with Gasteiger partial charge in [0.1, 0.15) is 5.75 Å². The molecule has 0 aliphatic carbocycles. The number of anilines is 2. The van der Waals surface area contributed by atoms with Crippen LogP contribution in [0.25, 0.3) is 11.4 Å². The molecule has 2 aromatic carbocycles. The lowest BCUT2D eigenvalue weighted by molar-refractivity contribution is 0.230. The van der Waals surface area contributed by atoms with Gasteiger partial charge in [-0.15, -0.1) is 21.5 Å². The Morgan fingerprint density at radius 1 is 0.970 bits per heavy atom. The molecule has 0 spiro atoms. The number of rotatable bonds is 9. The van der Waals surface area contributed by atoms with E-state index in [2.05, 4.69) is 31.5 Å². The summed E-state index contributed by atoms with van der Waals surface area (Å²) in [5.74, 6) is 3.55. The minimum absolute atomic E-state index is 0.0505. The molecule has 0 saturated heterocycles. The first-order valence-electron chi connectivity index (χ1n) is 10.7. The van der Waals surface area contributed by atoms with Gasteiger partial charge in [-0.1, -0.05) is 12.1 Å². The van der Waals surface area contributed by atoms with E-state index in [-0.39, 0.29) is 6.10 Å². The van der Waals surface area contributed by atoms with E-state index in [9.17, 15) is 0 Å². The van der Waals surface area contributed by atoms with Crippen LogP contribution in [0.15, 0.2) is 53.9 Å². The Balaban J connectivity index is 1.74. The van der Waals surface area contributed by atoms with Crippen LogP contribution in [0.4, 0.5) is 11.6 Å². The van der Waals surface area contributed by atoms with Crippen LogP contribution in [-0.4, -0.2) is 35.1 Å². The molecule has 2 heterocycles. The number of benzene rings is 2. The first-order valence-corrected chi connectivity index (χ1v) is 11.6. The summed E-state index contributed by atoms with van der Waals surface area (Å²) in [5.41, 5.74) is 2.84. The molecule has 1 N–H and O–H groups in total. The minimum Gasteiger partial charge on any atom is -0.496 e. The Morgan fingerprint density at radius 3 is 2.48 bits per heavy atom. The average molecular weight is 465 g/mol. The smallest absolute Gasteiger partial charge is 0.229 e. The van der Waals surface area contributed by atoms with Crippen LogP contribution >= 0.6 is 11.3 Å². The van der Waals surface area contributed by atoms with Crippen LogP contribution in [0.5, 0.6) is 17.2 Å². The molecule has 0 saturated carbocycles. The minimum atomic E-state index is 0.0505. The van der Waals surface area contributed by atoms with Gasteiger partial charge in [0, 0.05) is 22.2 Å². The van der Waals surface area contributed by atoms with E-state index >= 15 is 0 Å². The fraction of sp³-hybridized carbons (Fsp3) is 0.280. The highest BCUT2D eigenvalue weighted by atomic mass is 32.1. The van der Waals surface area contributed by atoms with Crippen molar-refractivity contribution in [1.29, 1.82) is 0 Å². The third kappa shape index (κ3) is 5.12. The lowest BCUT2D eigenvalue weighted by Gasteiger charge is -2.15. The van der Waals surface area contributed by atoms with Crippen molar-refractivity contribution in [3.63, 3.8) is 0 Å². The van der Waals surface area contributed by atoms with Crippen molar-refractivity contribution in [2.45, 2.75) is 33.4 Å². The van der Waals surface area contributed by atoms with Crippen LogP contribution < -0.4 is 19.5 Å². The second-order valence-electron chi connectivity index (χ2n) is 7.85. The SMILES string of the molecule is COc1cc(Nc2nnc(-c3ccc(OC(C)C)c(OC)c3)n2Cc2cccs2)ccc1C. The molecule has 0 aliphatic heterocycles. The first kappa shape index (κ1) is 22.7. The number of hydrogen-bond donors (Lipinski definition) is 1. The molecule has 172 valence electrons. The molecule has 0 amide bonds. The van der Waals surface area contributed by atoms with Gasteiger partial charge in [0.05, 0.1) is 26.9 Å². The van der Waals surface area contributed by atoms with Gasteiger partial charge in [0.25, 0.3) is 0 Å². The Labute approximate surface area is 198 Å². The summed E-state index contributed by atoms with van der Waals surface area (Å²) in [5, 5.41) is 14.5. The van der Waals surface area contributed by atoms with E-state index in [0.717, 1.165) is 28.4 Å². The number of methoxy groups -OCH3 is 2. The third-order valence-corrected chi connectivity index (χ3v) is 5.95. The van der Waals surface area contributed by atoms with E-state index in [0.29, 0.717) is 24.0 Å². The molecular formula is C25H28N4O3S. The van der Waals surface area contributed by atoms with E-state index in [1.165, 1.54) is 4.88 Å². The average Bonchev–Trinajstić information content (AvgIpc) is 3.46. The molecule has 0 radical (unpaired) electrons. The molecule has 33 heavy (non-hydrogen) atoms. The summed E-state index contributed by atoms with van der Waals surface area (Å²) in [7, 11) is 3.31. The Kier molecular flexibility index (Phi) is 6.84. The van der Waals surface area contributed by atoms with Crippen LogP contribution in [0.3, 0.4) is 0 Å². The summed E-state index contributed by atoms with van der Waals surface area (Å²) in [6.45, 7) is 6.63. The first-order chi connectivity index (χ1) is 16.0. The fourth-order valence-corrected chi connectivity index (χ4v) is 4.19. The second kappa shape index (κ2) is 9.95. The number of nitrogens with zero attached hydrogens (tertiary/aromatic N) is 3. The molecule has 0 atom stereocenters. The van der Waals surface area contributed by atoms with Crippen molar-refractivity contribution in [3.05, 3.63) is 64.4 Å². The molecule has 0 fully saturated rings. The number of thiophene rings is 1. The van der Waals surface area contributed by atoms with Gasteiger partial charge in [0.2, 0.25) is 5.95 Å². The zero-order chi connectivity index (χ0) is 23.4. The maximum absolute atomic E-state index is 5.87. The van der Waals surface area contributed by atoms with Gasteiger partial charge in [-0.25, -0.2) is 0 Å². The molecule has 8 heteroatoms. The summed E-state index contributed by atoms with van der Waals surface area (Å²) in [6.07, 6.45) is 0.0505. The van der Waals surface area contributed by atoms with Gasteiger partial charge in [-0.3, -0.25) is 4.57 Å². The largest absolute Gasteiger partial charge is 0.496 e. The molecule has 4 rings (SSSR count). The van der Waals surface area contributed by atoms with E-state index < -0.39 is 0 Å². The van der Waals surface area contributed by atoms with Crippen molar-refractivity contribution in [1.82, 2.24) is 14.8 Å². The van der Waals surface area contributed by atoms with Gasteiger partial charge < -0.3 is 19.5 Å². The number of ether oxygens (including phenoxy) is 3. The standard InChI is InChI=1S/C25H28N4O3S/c1-16(2)32-21-11-9-18(13-23(21)31-5)24-27-28-25(29(24)15-20-7-6-12-33-20)26-19-10-8-17(3)22(14-19)30-4/h6-14,16H,15H2,1-5H3,(H,26,28). The monoisotopic (exact) mass is 464 g/mol. The predicted molar refractivity (Wildman–Crippen MR) is 132 cm³/mol. The molecule has 7 nitrogen and oxygen atoms in total. The summed E-state index contributed by atoms with van der Waals surface area (Å²) in [6, 6.07) is 16.0. The van der Waals surface area contributed by atoms with Crippen molar-refractivity contribution in [2.75, 3.05) is 19.5 Å².